The number of carbonyl (C=O) groups excluding carboxylic acids is 2. The second-order valence-electron chi connectivity index (χ2n) is 7.85. The first kappa shape index (κ1) is 16.5. The molecule has 0 unspecified atom stereocenters. The molecule has 1 heterocycles. The van der Waals surface area contributed by atoms with Crippen LogP contribution < -0.4 is 0 Å². The molecule has 0 aromatic heterocycles. The van der Waals surface area contributed by atoms with Gasteiger partial charge >= 0.3 is 10.0 Å². The van der Waals surface area contributed by atoms with Crippen LogP contribution in [0.4, 0.5) is 0 Å². The van der Waals surface area contributed by atoms with E-state index >= 15 is 0 Å². The average Bonchev–Trinajstić information content (AvgIpc) is 3.04. The maximum atomic E-state index is 12.9. The summed E-state index contributed by atoms with van der Waals surface area (Å²) in [6.45, 7) is 3.96. The summed E-state index contributed by atoms with van der Waals surface area (Å²) in [5.74, 6) is -0.340. The van der Waals surface area contributed by atoms with E-state index in [1.807, 2.05) is 44.2 Å². The van der Waals surface area contributed by atoms with Crippen LogP contribution in [0.3, 0.4) is 0 Å². The number of amides is 1. The molecular formula is C19H21NO4S. The Kier molecular flexibility index (Phi) is 3.33. The van der Waals surface area contributed by atoms with Gasteiger partial charge in [0, 0.05) is 6.08 Å². The van der Waals surface area contributed by atoms with Gasteiger partial charge in [0.05, 0.1) is 11.5 Å². The van der Waals surface area contributed by atoms with Crippen molar-refractivity contribution in [3.05, 3.63) is 42.0 Å². The molecule has 4 rings (SSSR count). The number of benzene rings is 1. The first-order valence-electron chi connectivity index (χ1n) is 8.59. The fraction of sp³-hybridized carbons (Fsp3) is 0.474. The minimum Gasteiger partial charge on any atom is -0.279 e. The zero-order valence-corrected chi connectivity index (χ0v) is 15.1. The van der Waals surface area contributed by atoms with Crippen molar-refractivity contribution in [3.63, 3.8) is 0 Å². The second kappa shape index (κ2) is 5.04. The summed E-state index contributed by atoms with van der Waals surface area (Å²) in [5, 5.41) is -0.753. The van der Waals surface area contributed by atoms with Crippen LogP contribution in [0.15, 0.2) is 36.4 Å². The molecular weight excluding hydrogens is 338 g/mol. The van der Waals surface area contributed by atoms with Crippen molar-refractivity contribution in [2.75, 3.05) is 0 Å². The summed E-state index contributed by atoms with van der Waals surface area (Å²) in [5.41, 5.74) is -0.519. The van der Waals surface area contributed by atoms with Gasteiger partial charge in [-0.3, -0.25) is 9.59 Å². The van der Waals surface area contributed by atoms with Gasteiger partial charge in [-0.15, -0.1) is 0 Å². The van der Waals surface area contributed by atoms with Gasteiger partial charge in [0.25, 0.3) is 11.0 Å². The Morgan fingerprint density at radius 3 is 2.56 bits per heavy atom. The smallest absolute Gasteiger partial charge is 0.279 e. The highest BCUT2D eigenvalue weighted by atomic mass is 32.2. The fourth-order valence-electron chi connectivity index (χ4n) is 5.29. The lowest BCUT2D eigenvalue weighted by Crippen LogP contribution is -2.44. The molecule has 3 atom stereocenters. The molecule has 6 heteroatoms. The largest absolute Gasteiger partial charge is 0.301 e. The highest BCUT2D eigenvalue weighted by molar-refractivity contribution is 8.05. The monoisotopic (exact) mass is 359 g/mol. The second-order valence-corrected chi connectivity index (χ2v) is 9.57. The summed E-state index contributed by atoms with van der Waals surface area (Å²) in [6, 6.07) is 8.67. The van der Waals surface area contributed by atoms with Crippen LogP contribution in [0.5, 0.6) is 0 Å². The van der Waals surface area contributed by atoms with E-state index in [0.717, 1.165) is 16.3 Å². The van der Waals surface area contributed by atoms with E-state index in [-0.39, 0.29) is 11.3 Å². The van der Waals surface area contributed by atoms with Crippen molar-refractivity contribution in [2.45, 2.75) is 39.2 Å². The molecule has 5 nitrogen and oxygen atoms in total. The zero-order valence-electron chi connectivity index (χ0n) is 14.3. The van der Waals surface area contributed by atoms with Gasteiger partial charge in [-0.05, 0) is 42.2 Å². The van der Waals surface area contributed by atoms with Crippen LogP contribution in [-0.2, 0) is 19.6 Å². The number of rotatable bonds is 2. The first-order valence-corrected chi connectivity index (χ1v) is 10.0. The van der Waals surface area contributed by atoms with E-state index in [1.165, 1.54) is 6.08 Å². The zero-order chi connectivity index (χ0) is 18.0. The van der Waals surface area contributed by atoms with E-state index in [2.05, 4.69) is 0 Å². The SMILES string of the molecule is CC1(C)[C@@H]2CC[C@]13C(=O)S(=O)(=O)N(C(=O)/C=C/c1ccccc1)[C@@H]3C2. The van der Waals surface area contributed by atoms with Crippen LogP contribution in [-0.4, -0.2) is 29.8 Å². The molecule has 1 saturated heterocycles. The van der Waals surface area contributed by atoms with Crippen molar-refractivity contribution in [1.29, 1.82) is 0 Å². The van der Waals surface area contributed by atoms with Gasteiger partial charge in [-0.2, -0.15) is 8.42 Å². The molecule has 2 aliphatic carbocycles. The van der Waals surface area contributed by atoms with Crippen molar-refractivity contribution in [1.82, 2.24) is 4.31 Å². The number of hydrogen-bond acceptors (Lipinski definition) is 4. The van der Waals surface area contributed by atoms with Crippen molar-refractivity contribution in [3.8, 4) is 0 Å². The summed E-state index contributed by atoms with van der Waals surface area (Å²) < 4.78 is 26.4. The van der Waals surface area contributed by atoms with Gasteiger partial charge in [-0.25, -0.2) is 4.31 Å². The lowest BCUT2D eigenvalue weighted by Gasteiger charge is -2.34. The highest BCUT2D eigenvalue weighted by Crippen LogP contribution is 2.70. The summed E-state index contributed by atoms with van der Waals surface area (Å²) in [4.78, 5) is 25.6. The van der Waals surface area contributed by atoms with Gasteiger partial charge in [0.2, 0.25) is 0 Å². The molecule has 0 radical (unpaired) electrons. The Balaban J connectivity index is 1.72. The van der Waals surface area contributed by atoms with E-state index < -0.39 is 32.5 Å². The predicted molar refractivity (Wildman–Crippen MR) is 93.6 cm³/mol. The van der Waals surface area contributed by atoms with E-state index in [1.54, 1.807) is 6.08 Å². The molecule has 1 spiro atoms. The normalized spacial score (nSPS) is 34.6. The Labute approximate surface area is 147 Å². The van der Waals surface area contributed by atoms with Crippen LogP contribution in [0, 0.1) is 16.7 Å². The lowest BCUT2D eigenvalue weighted by atomic mass is 9.68. The highest BCUT2D eigenvalue weighted by Gasteiger charge is 2.77. The van der Waals surface area contributed by atoms with Crippen molar-refractivity contribution in [2.24, 2.45) is 16.7 Å². The number of hydrogen-bond donors (Lipinski definition) is 0. The van der Waals surface area contributed by atoms with E-state index in [4.69, 9.17) is 0 Å². The Morgan fingerprint density at radius 1 is 1.24 bits per heavy atom. The number of sulfonamides is 1. The molecule has 1 amide bonds. The Bertz CT molecular complexity index is 887. The number of fused-ring (bicyclic) bond motifs is 1. The molecule has 3 aliphatic rings. The Hall–Kier alpha value is -1.95. The van der Waals surface area contributed by atoms with Gasteiger partial charge in [0.15, 0.2) is 0 Å². The molecule has 132 valence electrons. The van der Waals surface area contributed by atoms with Crippen LogP contribution in [0.1, 0.15) is 38.7 Å². The van der Waals surface area contributed by atoms with Crippen molar-refractivity contribution < 1.29 is 18.0 Å². The molecule has 2 saturated carbocycles. The first-order chi connectivity index (χ1) is 11.7. The molecule has 0 N–H and O–H groups in total. The molecule has 25 heavy (non-hydrogen) atoms. The van der Waals surface area contributed by atoms with E-state index in [9.17, 15) is 18.0 Å². The molecule has 2 bridgehead atoms. The summed E-state index contributed by atoms with van der Waals surface area (Å²) >= 11 is 0. The summed E-state index contributed by atoms with van der Waals surface area (Å²) in [7, 11) is -4.25. The third-order valence-corrected chi connectivity index (χ3v) is 8.50. The van der Waals surface area contributed by atoms with Crippen LogP contribution in [0.2, 0.25) is 0 Å². The van der Waals surface area contributed by atoms with Gasteiger partial charge in [0.1, 0.15) is 0 Å². The number of carbonyl (C=O) groups is 2. The topological polar surface area (TPSA) is 71.5 Å². The third-order valence-electron chi connectivity index (χ3n) is 6.71. The fourth-order valence-corrected chi connectivity index (χ4v) is 7.33. The van der Waals surface area contributed by atoms with E-state index in [0.29, 0.717) is 12.8 Å². The summed E-state index contributed by atoms with van der Waals surface area (Å²) in [6.07, 6.45) is 4.85. The van der Waals surface area contributed by atoms with Gasteiger partial charge < -0.3 is 0 Å². The van der Waals surface area contributed by atoms with Crippen molar-refractivity contribution >= 4 is 27.1 Å². The standard InChI is InChI=1S/C19H21NO4S/c1-18(2)14-10-11-19(18)15(12-14)20(25(23,24)17(19)22)16(21)9-8-13-6-4-3-5-7-13/h3-9,14-15H,10-12H2,1-2H3/b9-8+/t14-,15-,19+/m1/s1. The van der Waals surface area contributed by atoms with Crippen LogP contribution in [0.25, 0.3) is 6.08 Å². The molecule has 3 fully saturated rings. The molecule has 1 aromatic carbocycles. The Morgan fingerprint density at radius 2 is 1.92 bits per heavy atom. The lowest BCUT2D eigenvalue weighted by molar-refractivity contribution is -0.127. The molecule has 1 aliphatic heterocycles. The maximum absolute atomic E-state index is 12.9. The predicted octanol–water partition coefficient (Wildman–Crippen LogP) is 2.59. The molecule has 1 aromatic rings. The quantitative estimate of drug-likeness (QED) is 0.761. The number of nitrogens with zero attached hydrogens (tertiary/aromatic N) is 1. The minimum absolute atomic E-state index is 0.283. The van der Waals surface area contributed by atoms with Crippen LogP contribution >= 0.6 is 0 Å². The minimum atomic E-state index is -4.25. The maximum Gasteiger partial charge on any atom is 0.301 e. The van der Waals surface area contributed by atoms with Gasteiger partial charge in [-0.1, -0.05) is 44.2 Å². The third kappa shape index (κ3) is 1.91. The average molecular weight is 359 g/mol.